The Balaban J connectivity index is 0.00000210. The van der Waals surface area contributed by atoms with Crippen LogP contribution in [0.5, 0.6) is 0 Å². The Morgan fingerprint density at radius 1 is 1.04 bits per heavy atom. The molecule has 27 heavy (non-hydrogen) atoms. The van der Waals surface area contributed by atoms with Crippen molar-refractivity contribution >= 4 is 41.5 Å². The number of amides is 1. The van der Waals surface area contributed by atoms with Crippen molar-refractivity contribution in [1.82, 2.24) is 0 Å². The topological polar surface area (TPSA) is 63.8 Å². The van der Waals surface area contributed by atoms with Crippen LogP contribution in [0.2, 0.25) is 5.02 Å². The number of carbonyl (C=O) groups excluding carboxylic acids is 1. The molecule has 5 nitrogen and oxygen atoms in total. The summed E-state index contributed by atoms with van der Waals surface area (Å²) in [5.41, 5.74) is 2.34. The van der Waals surface area contributed by atoms with Gasteiger partial charge in [0.2, 0.25) is 5.90 Å². The number of nitrogens with zero attached hydrogens (tertiary/aromatic N) is 1. The third-order valence-corrected chi connectivity index (χ3v) is 4.16. The van der Waals surface area contributed by atoms with Crippen LogP contribution in [0.1, 0.15) is 16.1 Å². The minimum atomic E-state index is -0.323. The lowest BCUT2D eigenvalue weighted by Gasteiger charge is -2.06. The zero-order valence-electron chi connectivity index (χ0n) is 14.1. The first-order chi connectivity index (χ1) is 12.7. The molecule has 1 aliphatic rings. The van der Waals surface area contributed by atoms with E-state index in [1.54, 1.807) is 30.3 Å². The number of ether oxygens (including phenoxy) is 1. The van der Waals surface area contributed by atoms with Gasteiger partial charge in [-0.05, 0) is 54.6 Å². The first-order valence-corrected chi connectivity index (χ1v) is 8.52. The summed E-state index contributed by atoms with van der Waals surface area (Å²) in [6.07, 6.45) is 0. The lowest BCUT2D eigenvalue weighted by Crippen LogP contribution is -2.11. The van der Waals surface area contributed by atoms with E-state index in [2.05, 4.69) is 10.3 Å². The Morgan fingerprint density at radius 3 is 2.59 bits per heavy atom. The first-order valence-electron chi connectivity index (χ1n) is 8.14. The van der Waals surface area contributed by atoms with Crippen molar-refractivity contribution in [1.29, 1.82) is 0 Å². The van der Waals surface area contributed by atoms with Gasteiger partial charge >= 0.3 is 0 Å². The number of carbonyl (C=O) groups is 1. The summed E-state index contributed by atoms with van der Waals surface area (Å²) in [6, 6.07) is 18.0. The average molecular weight is 403 g/mol. The molecule has 2 heterocycles. The molecule has 0 unspecified atom stereocenters. The Kier molecular flexibility index (Phi) is 5.84. The Labute approximate surface area is 167 Å². The highest BCUT2D eigenvalue weighted by Gasteiger charge is 2.14. The van der Waals surface area contributed by atoms with Crippen molar-refractivity contribution in [2.75, 3.05) is 18.5 Å². The standard InChI is InChI=1S/C20H15ClN2O3.ClH/c21-15-6-4-13(5-7-15)17-8-9-18(26-17)19(24)23-16-3-1-2-14(12-16)20-22-10-11-25-20;/h1-9,12H,10-11H2,(H,23,24);1H. The van der Waals surface area contributed by atoms with Crippen LogP contribution in [0, 0.1) is 0 Å². The molecule has 0 radical (unpaired) electrons. The van der Waals surface area contributed by atoms with E-state index in [0.29, 0.717) is 35.5 Å². The molecule has 3 aromatic rings. The minimum absolute atomic E-state index is 0. The van der Waals surface area contributed by atoms with Gasteiger partial charge in [0.05, 0.1) is 6.54 Å². The molecule has 0 saturated carbocycles. The van der Waals surface area contributed by atoms with Crippen LogP contribution in [0.4, 0.5) is 5.69 Å². The third kappa shape index (κ3) is 4.32. The predicted octanol–water partition coefficient (Wildman–Crippen LogP) is 5.05. The number of nitrogens with one attached hydrogen (secondary N) is 1. The Hall–Kier alpha value is -2.76. The van der Waals surface area contributed by atoms with E-state index in [1.807, 2.05) is 30.3 Å². The zero-order chi connectivity index (χ0) is 17.9. The normalized spacial score (nSPS) is 12.7. The summed E-state index contributed by atoms with van der Waals surface area (Å²) in [5, 5.41) is 3.48. The molecule has 1 aromatic heterocycles. The number of benzene rings is 2. The van der Waals surface area contributed by atoms with Gasteiger partial charge in [0.15, 0.2) is 5.76 Å². The smallest absolute Gasteiger partial charge is 0.291 e. The van der Waals surface area contributed by atoms with Gasteiger partial charge in [-0.2, -0.15) is 0 Å². The lowest BCUT2D eigenvalue weighted by atomic mass is 10.2. The maximum atomic E-state index is 12.5. The van der Waals surface area contributed by atoms with Crippen molar-refractivity contribution in [3.05, 3.63) is 77.0 Å². The van der Waals surface area contributed by atoms with Crippen molar-refractivity contribution < 1.29 is 13.9 Å². The van der Waals surface area contributed by atoms with Crippen LogP contribution in [0.15, 0.2) is 70.1 Å². The summed E-state index contributed by atoms with van der Waals surface area (Å²) < 4.78 is 11.1. The molecular formula is C20H16Cl2N2O3. The highest BCUT2D eigenvalue weighted by atomic mass is 35.5. The van der Waals surface area contributed by atoms with Gasteiger partial charge in [-0.25, -0.2) is 4.99 Å². The first kappa shape index (κ1) is 19.0. The maximum Gasteiger partial charge on any atom is 0.291 e. The fourth-order valence-electron chi connectivity index (χ4n) is 2.66. The average Bonchev–Trinajstić information content (AvgIpc) is 3.35. The summed E-state index contributed by atoms with van der Waals surface area (Å²) in [5.74, 6) is 1.12. The van der Waals surface area contributed by atoms with Crippen molar-refractivity contribution in [3.63, 3.8) is 0 Å². The number of hydrogen-bond acceptors (Lipinski definition) is 4. The lowest BCUT2D eigenvalue weighted by molar-refractivity contribution is 0.0997. The molecule has 1 amide bonds. The molecule has 7 heteroatoms. The number of hydrogen-bond donors (Lipinski definition) is 1. The van der Waals surface area contributed by atoms with Gasteiger partial charge < -0.3 is 14.5 Å². The van der Waals surface area contributed by atoms with Gasteiger partial charge in [-0.15, -0.1) is 12.4 Å². The van der Waals surface area contributed by atoms with E-state index >= 15 is 0 Å². The fourth-order valence-corrected chi connectivity index (χ4v) is 2.79. The molecule has 0 bridgehead atoms. The molecule has 0 atom stereocenters. The van der Waals surface area contributed by atoms with Crippen LogP contribution in [0.25, 0.3) is 11.3 Å². The number of aliphatic imine (C=N–C) groups is 1. The van der Waals surface area contributed by atoms with E-state index < -0.39 is 0 Å². The second-order valence-electron chi connectivity index (χ2n) is 5.74. The molecule has 0 aliphatic carbocycles. The Bertz CT molecular complexity index is 981. The van der Waals surface area contributed by atoms with Crippen LogP contribution in [-0.2, 0) is 4.74 Å². The second-order valence-corrected chi connectivity index (χ2v) is 6.18. The number of anilines is 1. The molecule has 0 saturated heterocycles. The van der Waals surface area contributed by atoms with Crippen LogP contribution >= 0.6 is 24.0 Å². The third-order valence-electron chi connectivity index (χ3n) is 3.91. The molecular weight excluding hydrogens is 387 g/mol. The largest absolute Gasteiger partial charge is 0.476 e. The summed E-state index contributed by atoms with van der Waals surface area (Å²) in [7, 11) is 0. The van der Waals surface area contributed by atoms with Gasteiger partial charge in [-0.3, -0.25) is 4.79 Å². The summed E-state index contributed by atoms with van der Waals surface area (Å²) in [4.78, 5) is 16.7. The van der Waals surface area contributed by atoms with Crippen LogP contribution in [-0.4, -0.2) is 25.0 Å². The van der Waals surface area contributed by atoms with E-state index in [1.165, 1.54) is 0 Å². The van der Waals surface area contributed by atoms with Gasteiger partial charge in [0.25, 0.3) is 5.91 Å². The molecule has 2 aromatic carbocycles. The van der Waals surface area contributed by atoms with E-state index in [9.17, 15) is 4.79 Å². The molecule has 1 N–H and O–H groups in total. The van der Waals surface area contributed by atoms with Gasteiger partial charge in [-0.1, -0.05) is 17.7 Å². The molecule has 0 fully saturated rings. The molecule has 4 rings (SSSR count). The van der Waals surface area contributed by atoms with E-state index in [-0.39, 0.29) is 24.1 Å². The molecule has 0 spiro atoms. The van der Waals surface area contributed by atoms with Crippen molar-refractivity contribution in [3.8, 4) is 11.3 Å². The predicted molar refractivity (Wildman–Crippen MR) is 108 cm³/mol. The maximum absolute atomic E-state index is 12.5. The minimum Gasteiger partial charge on any atom is -0.476 e. The molecule has 1 aliphatic heterocycles. The van der Waals surface area contributed by atoms with Crippen molar-refractivity contribution in [2.45, 2.75) is 0 Å². The number of rotatable bonds is 4. The monoisotopic (exact) mass is 402 g/mol. The van der Waals surface area contributed by atoms with Gasteiger partial charge in [0, 0.05) is 21.8 Å². The quantitative estimate of drug-likeness (QED) is 0.663. The van der Waals surface area contributed by atoms with E-state index in [4.69, 9.17) is 20.8 Å². The van der Waals surface area contributed by atoms with Crippen LogP contribution in [0.3, 0.4) is 0 Å². The zero-order valence-corrected chi connectivity index (χ0v) is 15.7. The summed E-state index contributed by atoms with van der Waals surface area (Å²) in [6.45, 7) is 1.25. The molecule has 138 valence electrons. The number of halogens is 2. The Morgan fingerprint density at radius 2 is 1.85 bits per heavy atom. The highest BCUT2D eigenvalue weighted by Crippen LogP contribution is 2.24. The van der Waals surface area contributed by atoms with Crippen molar-refractivity contribution in [2.24, 2.45) is 4.99 Å². The fraction of sp³-hybridized carbons (Fsp3) is 0.100. The number of furan rings is 1. The van der Waals surface area contributed by atoms with Crippen LogP contribution < -0.4 is 5.32 Å². The van der Waals surface area contributed by atoms with E-state index in [0.717, 1.165) is 11.1 Å². The summed E-state index contributed by atoms with van der Waals surface area (Å²) >= 11 is 5.89. The van der Waals surface area contributed by atoms with Gasteiger partial charge in [0.1, 0.15) is 12.4 Å². The second kappa shape index (κ2) is 8.29. The highest BCUT2D eigenvalue weighted by molar-refractivity contribution is 6.30. The SMILES string of the molecule is Cl.O=C(Nc1cccc(C2=NCCO2)c1)c1ccc(-c2ccc(Cl)cc2)o1.